The molecule has 0 aliphatic carbocycles. The van der Waals surface area contributed by atoms with E-state index in [1.807, 2.05) is 47.2 Å². The van der Waals surface area contributed by atoms with Crippen molar-refractivity contribution in [2.45, 2.75) is 25.3 Å². The van der Waals surface area contributed by atoms with Crippen LogP contribution < -0.4 is 5.48 Å². The molecule has 0 bridgehead atoms. The lowest BCUT2D eigenvalue weighted by molar-refractivity contribution is -0.124. The van der Waals surface area contributed by atoms with Crippen LogP contribution >= 0.6 is 11.6 Å². The van der Waals surface area contributed by atoms with Crippen molar-refractivity contribution in [1.29, 1.82) is 0 Å². The number of halogens is 1. The van der Waals surface area contributed by atoms with E-state index in [-0.39, 0.29) is 0 Å². The SMILES string of the molecule is O=C(C=Cc1ccc(C2CCCN2CCc2cnn3ccccc23)c(Cl)c1)NO. The van der Waals surface area contributed by atoms with Crippen molar-refractivity contribution < 1.29 is 10.0 Å². The van der Waals surface area contributed by atoms with Gasteiger partial charge in [0.25, 0.3) is 5.91 Å². The molecule has 3 aromatic rings. The summed E-state index contributed by atoms with van der Waals surface area (Å²) in [5.74, 6) is -0.570. The molecule has 1 saturated heterocycles. The lowest BCUT2D eigenvalue weighted by Crippen LogP contribution is -2.26. The topological polar surface area (TPSA) is 69.9 Å². The molecule has 29 heavy (non-hydrogen) atoms. The van der Waals surface area contributed by atoms with Gasteiger partial charge in [-0.05, 0) is 66.8 Å². The Balaban J connectivity index is 1.46. The molecule has 3 heterocycles. The highest BCUT2D eigenvalue weighted by Gasteiger charge is 2.27. The third kappa shape index (κ3) is 4.34. The average molecular weight is 411 g/mol. The van der Waals surface area contributed by atoms with Gasteiger partial charge in [-0.3, -0.25) is 14.9 Å². The van der Waals surface area contributed by atoms with Crippen LogP contribution in [0.15, 0.2) is 54.9 Å². The number of amides is 1. The molecule has 2 N–H and O–H groups in total. The summed E-state index contributed by atoms with van der Waals surface area (Å²) in [6, 6.07) is 12.3. The molecular formula is C22H23ClN4O2. The molecule has 7 heteroatoms. The molecule has 1 fully saturated rings. The summed E-state index contributed by atoms with van der Waals surface area (Å²) in [6.45, 7) is 2.01. The van der Waals surface area contributed by atoms with Gasteiger partial charge in [0.15, 0.2) is 0 Å². The zero-order chi connectivity index (χ0) is 20.2. The van der Waals surface area contributed by atoms with E-state index < -0.39 is 5.91 Å². The Labute approximate surface area is 174 Å². The van der Waals surface area contributed by atoms with Gasteiger partial charge in [-0.1, -0.05) is 29.8 Å². The largest absolute Gasteiger partial charge is 0.296 e. The number of pyridine rings is 1. The number of hydrogen-bond acceptors (Lipinski definition) is 4. The number of nitrogens with zero attached hydrogens (tertiary/aromatic N) is 3. The standard InChI is InChI=1S/C22H23ClN4O2/c23-19-14-16(7-9-22(28)25-29)6-8-18(19)21-5-3-11-26(21)13-10-17-15-24-27-12-2-1-4-20(17)27/h1-2,4,6-9,12,14-15,21,29H,3,5,10-11,13H2,(H,25,28). The number of rotatable bonds is 6. The zero-order valence-corrected chi connectivity index (χ0v) is 16.7. The second kappa shape index (κ2) is 8.78. The van der Waals surface area contributed by atoms with E-state index in [1.165, 1.54) is 11.6 Å². The van der Waals surface area contributed by atoms with Crippen LogP contribution in [0.2, 0.25) is 5.02 Å². The first kappa shape index (κ1) is 19.6. The molecule has 6 nitrogen and oxygen atoms in total. The normalized spacial score (nSPS) is 17.4. The van der Waals surface area contributed by atoms with Gasteiger partial charge in [0, 0.05) is 29.9 Å². The third-order valence-corrected chi connectivity index (χ3v) is 5.79. The molecule has 4 rings (SSSR count). The van der Waals surface area contributed by atoms with Crippen molar-refractivity contribution in [3.05, 3.63) is 76.6 Å². The Kier molecular flexibility index (Phi) is 5.94. The van der Waals surface area contributed by atoms with Gasteiger partial charge in [0.05, 0.1) is 11.7 Å². The van der Waals surface area contributed by atoms with Gasteiger partial charge in [-0.15, -0.1) is 0 Å². The lowest BCUT2D eigenvalue weighted by Gasteiger charge is -2.25. The number of fused-ring (bicyclic) bond motifs is 1. The zero-order valence-electron chi connectivity index (χ0n) is 16.0. The molecule has 0 saturated carbocycles. The predicted molar refractivity (Wildman–Crippen MR) is 113 cm³/mol. The summed E-state index contributed by atoms with van der Waals surface area (Å²) < 4.78 is 1.91. The molecule has 1 amide bonds. The lowest BCUT2D eigenvalue weighted by atomic mass is 10.0. The number of nitrogens with one attached hydrogen (secondary N) is 1. The van der Waals surface area contributed by atoms with E-state index in [0.717, 1.165) is 49.0 Å². The number of benzene rings is 1. The minimum atomic E-state index is -0.570. The molecule has 1 unspecified atom stereocenters. The van der Waals surface area contributed by atoms with Crippen molar-refractivity contribution in [1.82, 2.24) is 20.0 Å². The number of likely N-dealkylation sites (tertiary alicyclic amines) is 1. The highest BCUT2D eigenvalue weighted by molar-refractivity contribution is 6.31. The summed E-state index contributed by atoms with van der Waals surface area (Å²) in [4.78, 5) is 13.6. The van der Waals surface area contributed by atoms with Gasteiger partial charge in [-0.2, -0.15) is 5.10 Å². The van der Waals surface area contributed by atoms with Crippen LogP contribution in [0, 0.1) is 0 Å². The number of hydroxylamine groups is 1. The van der Waals surface area contributed by atoms with E-state index in [9.17, 15) is 4.79 Å². The minimum Gasteiger partial charge on any atom is -0.296 e. The number of aromatic nitrogens is 2. The second-order valence-electron chi connectivity index (χ2n) is 7.23. The maximum Gasteiger partial charge on any atom is 0.267 e. The predicted octanol–water partition coefficient (Wildman–Crippen LogP) is 3.89. The summed E-state index contributed by atoms with van der Waals surface area (Å²) >= 11 is 6.58. The third-order valence-electron chi connectivity index (χ3n) is 5.46. The Morgan fingerprint density at radius 2 is 2.24 bits per heavy atom. The highest BCUT2D eigenvalue weighted by Crippen LogP contribution is 2.36. The van der Waals surface area contributed by atoms with E-state index in [0.29, 0.717) is 11.1 Å². The van der Waals surface area contributed by atoms with Gasteiger partial charge in [0.2, 0.25) is 0 Å². The molecule has 1 aromatic carbocycles. The summed E-state index contributed by atoms with van der Waals surface area (Å²) in [7, 11) is 0. The minimum absolute atomic E-state index is 0.295. The van der Waals surface area contributed by atoms with Crippen LogP contribution in [-0.4, -0.2) is 38.7 Å². The number of carbonyl (C=O) groups is 1. The Bertz CT molecular complexity index is 1050. The first-order chi connectivity index (χ1) is 14.2. The maximum absolute atomic E-state index is 11.1. The van der Waals surface area contributed by atoms with Crippen molar-refractivity contribution >= 4 is 29.1 Å². The molecular weight excluding hydrogens is 388 g/mol. The molecule has 1 aliphatic rings. The Morgan fingerprint density at radius 3 is 3.07 bits per heavy atom. The van der Waals surface area contributed by atoms with Crippen LogP contribution in [0.3, 0.4) is 0 Å². The fourth-order valence-corrected chi connectivity index (χ4v) is 4.33. The molecule has 150 valence electrons. The van der Waals surface area contributed by atoms with Crippen LogP contribution in [0.5, 0.6) is 0 Å². The summed E-state index contributed by atoms with van der Waals surface area (Å²) in [5, 5.41) is 13.7. The van der Waals surface area contributed by atoms with Crippen LogP contribution in [0.4, 0.5) is 0 Å². The van der Waals surface area contributed by atoms with Crippen LogP contribution in [0.1, 0.15) is 35.6 Å². The Morgan fingerprint density at radius 1 is 1.34 bits per heavy atom. The summed E-state index contributed by atoms with van der Waals surface area (Å²) in [5.41, 5.74) is 5.92. The molecule has 1 aliphatic heterocycles. The van der Waals surface area contributed by atoms with E-state index in [4.69, 9.17) is 16.8 Å². The van der Waals surface area contributed by atoms with Gasteiger partial charge < -0.3 is 0 Å². The van der Waals surface area contributed by atoms with Crippen LogP contribution in [0.25, 0.3) is 11.6 Å². The van der Waals surface area contributed by atoms with E-state index in [2.05, 4.69) is 16.1 Å². The van der Waals surface area contributed by atoms with Crippen molar-refractivity contribution in [2.24, 2.45) is 0 Å². The maximum atomic E-state index is 11.1. The van der Waals surface area contributed by atoms with Crippen molar-refractivity contribution in [3.63, 3.8) is 0 Å². The molecule has 1 atom stereocenters. The van der Waals surface area contributed by atoms with Crippen molar-refractivity contribution in [3.8, 4) is 0 Å². The quantitative estimate of drug-likeness (QED) is 0.367. The van der Waals surface area contributed by atoms with Gasteiger partial charge in [0.1, 0.15) is 0 Å². The van der Waals surface area contributed by atoms with E-state index in [1.54, 1.807) is 11.6 Å². The fraction of sp³-hybridized carbons (Fsp3) is 0.273. The molecule has 0 spiro atoms. The highest BCUT2D eigenvalue weighted by atomic mass is 35.5. The van der Waals surface area contributed by atoms with Gasteiger partial charge in [-0.25, -0.2) is 10.00 Å². The summed E-state index contributed by atoms with van der Waals surface area (Å²) in [6.07, 6.45) is 9.99. The smallest absolute Gasteiger partial charge is 0.267 e. The molecule has 0 radical (unpaired) electrons. The number of hydrogen-bond donors (Lipinski definition) is 2. The second-order valence-corrected chi connectivity index (χ2v) is 7.64. The Hall–Kier alpha value is -2.67. The molecule has 2 aromatic heterocycles. The first-order valence-corrected chi connectivity index (χ1v) is 10.1. The van der Waals surface area contributed by atoms with Crippen molar-refractivity contribution in [2.75, 3.05) is 13.1 Å². The van der Waals surface area contributed by atoms with Gasteiger partial charge >= 0.3 is 0 Å². The van der Waals surface area contributed by atoms with E-state index >= 15 is 0 Å². The average Bonchev–Trinajstić information content (AvgIpc) is 3.37. The fourth-order valence-electron chi connectivity index (χ4n) is 4.02. The number of carbonyl (C=O) groups excluding carboxylic acids is 1. The first-order valence-electron chi connectivity index (χ1n) is 9.72. The van der Waals surface area contributed by atoms with Crippen LogP contribution in [-0.2, 0) is 11.2 Å². The monoisotopic (exact) mass is 410 g/mol.